The summed E-state index contributed by atoms with van der Waals surface area (Å²) >= 11 is 0. The number of carboxylic acids is 1. The third kappa shape index (κ3) is 3.66. The third-order valence-corrected chi connectivity index (χ3v) is 9.07. The highest BCUT2D eigenvalue weighted by molar-refractivity contribution is 6.24. The number of Topliss-reactive ketones (excluding diaryl/α,β-unsaturated/α-hetero) is 1. The van der Waals surface area contributed by atoms with Crippen LogP contribution in [0.4, 0.5) is 11.4 Å². The Morgan fingerprint density at radius 3 is 2.39 bits per heavy atom. The molecule has 0 bridgehead atoms. The van der Waals surface area contributed by atoms with Gasteiger partial charge in [0.25, 0.3) is 0 Å². The normalized spacial score (nSPS) is 20.7. The van der Waals surface area contributed by atoms with Gasteiger partial charge in [0.05, 0.1) is 11.0 Å². The van der Waals surface area contributed by atoms with Gasteiger partial charge in [-0.15, -0.1) is 0 Å². The van der Waals surface area contributed by atoms with E-state index in [1.54, 1.807) is 24.3 Å². The van der Waals surface area contributed by atoms with E-state index in [4.69, 9.17) is 0 Å². The maximum absolute atomic E-state index is 13.6. The first-order valence-electron chi connectivity index (χ1n) is 14.2. The Bertz CT molecular complexity index is 1820. The van der Waals surface area contributed by atoms with E-state index in [1.807, 2.05) is 39.0 Å². The van der Waals surface area contributed by atoms with E-state index in [0.717, 1.165) is 28.3 Å². The zero-order valence-corrected chi connectivity index (χ0v) is 24.3. The minimum absolute atomic E-state index is 0.173. The highest BCUT2D eigenvalue weighted by atomic mass is 16.4. The van der Waals surface area contributed by atoms with Crippen LogP contribution in [-0.4, -0.2) is 40.2 Å². The van der Waals surface area contributed by atoms with Crippen LogP contribution in [0, 0.1) is 0 Å². The topological polar surface area (TPSA) is 83.7 Å². The second-order valence-corrected chi connectivity index (χ2v) is 12.0. The molecule has 3 aromatic rings. The molecule has 0 aromatic heterocycles. The maximum Gasteiger partial charge on any atom is 0.335 e. The Kier molecular flexibility index (Phi) is 5.89. The number of ketones is 1. The van der Waals surface area contributed by atoms with Crippen LogP contribution < -0.4 is 10.0 Å². The van der Waals surface area contributed by atoms with Crippen LogP contribution in [0.15, 0.2) is 89.4 Å². The van der Waals surface area contributed by atoms with Gasteiger partial charge in [-0.2, -0.15) is 4.58 Å². The Labute approximate surface area is 240 Å². The molecular weight excluding hydrogens is 512 g/mol. The van der Waals surface area contributed by atoms with Crippen LogP contribution in [0.2, 0.25) is 0 Å². The number of aromatic carboxylic acids is 1. The van der Waals surface area contributed by atoms with Gasteiger partial charge in [0.1, 0.15) is 6.54 Å². The van der Waals surface area contributed by atoms with Crippen molar-refractivity contribution in [2.24, 2.45) is 0 Å². The average molecular weight is 547 g/mol. The molecule has 0 fully saturated rings. The lowest BCUT2D eigenvalue weighted by molar-refractivity contribution is -0.433. The van der Waals surface area contributed by atoms with Crippen molar-refractivity contribution in [1.29, 1.82) is 0 Å². The van der Waals surface area contributed by atoms with E-state index in [0.29, 0.717) is 13.1 Å². The van der Waals surface area contributed by atoms with E-state index in [2.05, 4.69) is 54.5 Å². The van der Waals surface area contributed by atoms with Gasteiger partial charge in [-0.25, -0.2) is 4.79 Å². The largest absolute Gasteiger partial charge is 0.871 e. The molecule has 0 spiro atoms. The first-order valence-corrected chi connectivity index (χ1v) is 14.2. The fraction of sp³-hybridized carbons (Fsp3) is 0.286. The van der Waals surface area contributed by atoms with E-state index in [1.165, 1.54) is 16.3 Å². The zero-order valence-electron chi connectivity index (χ0n) is 24.3. The molecule has 41 heavy (non-hydrogen) atoms. The van der Waals surface area contributed by atoms with Gasteiger partial charge in [0.15, 0.2) is 11.5 Å². The van der Waals surface area contributed by atoms with Gasteiger partial charge in [0, 0.05) is 52.2 Å². The number of carboxylic acid groups (broad SMARTS) is 1. The Balaban J connectivity index is 1.43. The SMILES string of the molecule is CCN1C(=CC2=C([O-])C(=CC3=[N+](CC)c4ccc5ccccc5c4C3(C)C)C2=O)C(C)(C)c2cc(C(=O)O)ccc21. The van der Waals surface area contributed by atoms with Crippen LogP contribution in [-0.2, 0) is 15.6 Å². The van der Waals surface area contributed by atoms with Crippen LogP contribution >= 0.6 is 0 Å². The van der Waals surface area contributed by atoms with Gasteiger partial charge < -0.3 is 15.1 Å². The number of benzene rings is 3. The number of allylic oxidation sites excluding steroid dienone is 5. The van der Waals surface area contributed by atoms with Gasteiger partial charge in [-0.1, -0.05) is 43.9 Å². The second-order valence-electron chi connectivity index (χ2n) is 12.0. The lowest BCUT2D eigenvalue weighted by atomic mass is 9.76. The molecule has 3 aliphatic rings. The number of hydrogen-bond acceptors (Lipinski definition) is 4. The summed E-state index contributed by atoms with van der Waals surface area (Å²) in [5.41, 5.74) is 5.47. The predicted molar refractivity (Wildman–Crippen MR) is 160 cm³/mol. The summed E-state index contributed by atoms with van der Waals surface area (Å²) < 4.78 is 2.21. The predicted octanol–water partition coefficient (Wildman–Crippen LogP) is 5.76. The van der Waals surface area contributed by atoms with Crippen molar-refractivity contribution in [2.45, 2.75) is 52.4 Å². The van der Waals surface area contributed by atoms with Crippen molar-refractivity contribution in [3.63, 3.8) is 0 Å². The number of carbonyl (C=O) groups excluding carboxylic acids is 1. The number of nitrogens with zero attached hydrogens (tertiary/aromatic N) is 2. The molecular formula is C35H34N2O4. The number of likely N-dealkylation sites (N-methyl/N-ethyl adjacent to an activating group) is 1. The number of carbonyl (C=O) groups is 2. The quantitative estimate of drug-likeness (QED) is 0.325. The van der Waals surface area contributed by atoms with Crippen LogP contribution in [0.1, 0.15) is 63.0 Å². The van der Waals surface area contributed by atoms with Crippen molar-refractivity contribution in [3.05, 3.63) is 106 Å². The molecule has 2 aliphatic heterocycles. The molecule has 3 aromatic carbocycles. The summed E-state index contributed by atoms with van der Waals surface area (Å²) in [5, 5.41) is 25.4. The molecule has 6 nitrogen and oxygen atoms in total. The molecule has 6 heteroatoms. The molecule has 208 valence electrons. The van der Waals surface area contributed by atoms with E-state index in [-0.39, 0.29) is 28.3 Å². The van der Waals surface area contributed by atoms with Crippen molar-refractivity contribution in [1.82, 2.24) is 0 Å². The van der Waals surface area contributed by atoms with E-state index in [9.17, 15) is 19.8 Å². The Morgan fingerprint density at radius 1 is 1.00 bits per heavy atom. The van der Waals surface area contributed by atoms with Gasteiger partial charge in [0.2, 0.25) is 5.69 Å². The molecule has 1 aliphatic carbocycles. The summed E-state index contributed by atoms with van der Waals surface area (Å²) in [6.45, 7) is 13.7. The van der Waals surface area contributed by atoms with Crippen LogP contribution in [0.3, 0.4) is 0 Å². The Morgan fingerprint density at radius 2 is 1.73 bits per heavy atom. The summed E-state index contributed by atoms with van der Waals surface area (Å²) in [5.74, 6) is -1.49. The smallest absolute Gasteiger partial charge is 0.335 e. The summed E-state index contributed by atoms with van der Waals surface area (Å²) in [6, 6.07) is 17.7. The highest BCUT2D eigenvalue weighted by Gasteiger charge is 2.47. The van der Waals surface area contributed by atoms with Gasteiger partial charge in [-0.05, 0) is 74.4 Å². The molecule has 0 saturated carbocycles. The molecule has 6 rings (SSSR count). The third-order valence-electron chi connectivity index (χ3n) is 9.07. The van der Waals surface area contributed by atoms with Crippen molar-refractivity contribution < 1.29 is 24.4 Å². The van der Waals surface area contributed by atoms with Gasteiger partial charge >= 0.3 is 5.97 Å². The van der Waals surface area contributed by atoms with Crippen LogP contribution in [0.5, 0.6) is 0 Å². The zero-order chi connectivity index (χ0) is 29.4. The first kappa shape index (κ1) is 26.8. The minimum Gasteiger partial charge on any atom is -0.871 e. The maximum atomic E-state index is 13.6. The van der Waals surface area contributed by atoms with E-state index >= 15 is 0 Å². The number of hydrogen-bond donors (Lipinski definition) is 1. The fourth-order valence-electron chi connectivity index (χ4n) is 6.91. The average Bonchev–Trinajstić information content (AvgIpc) is 3.31. The van der Waals surface area contributed by atoms with Crippen molar-refractivity contribution in [2.75, 3.05) is 18.0 Å². The summed E-state index contributed by atoms with van der Waals surface area (Å²) in [7, 11) is 0. The molecule has 0 radical (unpaired) electrons. The van der Waals surface area contributed by atoms with Crippen LogP contribution in [0.25, 0.3) is 10.8 Å². The molecule has 0 unspecified atom stereocenters. The van der Waals surface area contributed by atoms with E-state index < -0.39 is 16.8 Å². The minimum atomic E-state index is -0.985. The number of anilines is 1. The number of rotatable bonds is 5. The molecule has 2 heterocycles. The molecule has 1 N–H and O–H groups in total. The standard InChI is InChI=1S/C35H34N2O4/c1-7-36-26-15-14-21(33(40)41)17-25(26)34(3,4)28(36)18-23-31(38)24(32(23)39)19-29-35(5,6)30-22-12-10-9-11-20(22)13-16-27(30)37(29)8-2/h9-19H,7-8H2,1-6H3,(H-,38,39,40,41). The lowest BCUT2D eigenvalue weighted by Crippen LogP contribution is -2.35. The van der Waals surface area contributed by atoms with Crippen molar-refractivity contribution >= 4 is 39.6 Å². The molecule has 0 saturated heterocycles. The van der Waals surface area contributed by atoms with Gasteiger partial charge in [-0.3, -0.25) is 4.79 Å². The summed E-state index contributed by atoms with van der Waals surface area (Å²) in [4.78, 5) is 27.3. The molecule has 0 amide bonds. The lowest BCUT2D eigenvalue weighted by Gasteiger charge is -2.32. The number of fused-ring (bicyclic) bond motifs is 4. The summed E-state index contributed by atoms with van der Waals surface area (Å²) in [6.07, 6.45) is 3.52. The monoisotopic (exact) mass is 546 g/mol. The Hall–Kier alpha value is -4.45. The highest BCUT2D eigenvalue weighted by Crippen LogP contribution is 2.49. The van der Waals surface area contributed by atoms with Crippen molar-refractivity contribution in [3.8, 4) is 0 Å². The second kappa shape index (κ2) is 9.03. The first-order chi connectivity index (χ1) is 19.4. The molecule has 0 atom stereocenters. The fourth-order valence-corrected chi connectivity index (χ4v) is 6.91.